The Morgan fingerprint density at radius 3 is 1.91 bits per heavy atom. The third kappa shape index (κ3) is 6.28. The molecule has 0 aliphatic rings. The molecular formula is C8H21NO2. The van der Waals surface area contributed by atoms with Gasteiger partial charge in [0.15, 0.2) is 0 Å². The van der Waals surface area contributed by atoms with Gasteiger partial charge in [0.05, 0.1) is 6.10 Å². The van der Waals surface area contributed by atoms with Crippen molar-refractivity contribution in [1.82, 2.24) is 4.90 Å². The molecule has 3 N–H and O–H groups in total. The summed E-state index contributed by atoms with van der Waals surface area (Å²) < 4.78 is 0. The molecule has 0 aromatic rings. The van der Waals surface area contributed by atoms with E-state index in [4.69, 9.17) is 0 Å². The Bertz CT molecular complexity index is 74.5. The standard InChI is InChI=1S/C8H19NO.H2O/c1-4-8(10)7-9(5-2)6-3;/h8,10H,4-7H2,1-3H3;1H2. The van der Waals surface area contributed by atoms with Gasteiger partial charge in [-0.2, -0.15) is 0 Å². The predicted molar refractivity (Wildman–Crippen MR) is 47.7 cm³/mol. The summed E-state index contributed by atoms with van der Waals surface area (Å²) in [6, 6.07) is 0. The van der Waals surface area contributed by atoms with Crippen molar-refractivity contribution in [2.75, 3.05) is 19.6 Å². The molecule has 0 heterocycles. The van der Waals surface area contributed by atoms with Crippen molar-refractivity contribution < 1.29 is 10.6 Å². The van der Waals surface area contributed by atoms with Gasteiger partial charge in [-0.3, -0.25) is 0 Å². The molecule has 0 rings (SSSR count). The minimum Gasteiger partial charge on any atom is -0.412 e. The van der Waals surface area contributed by atoms with Gasteiger partial charge in [0.2, 0.25) is 0 Å². The number of likely N-dealkylation sites (N-methyl/N-ethyl adjacent to an activating group) is 1. The van der Waals surface area contributed by atoms with Gasteiger partial charge >= 0.3 is 0 Å². The van der Waals surface area contributed by atoms with E-state index in [1.807, 2.05) is 6.92 Å². The zero-order chi connectivity index (χ0) is 7.98. The van der Waals surface area contributed by atoms with Crippen LogP contribution in [0.15, 0.2) is 0 Å². The summed E-state index contributed by atoms with van der Waals surface area (Å²) in [5.41, 5.74) is 0. The summed E-state index contributed by atoms with van der Waals surface area (Å²) in [6.07, 6.45) is 0.719. The van der Waals surface area contributed by atoms with Gasteiger partial charge in [-0.15, -0.1) is 0 Å². The Hall–Kier alpha value is -0.120. The van der Waals surface area contributed by atoms with Crippen LogP contribution in [0.3, 0.4) is 0 Å². The van der Waals surface area contributed by atoms with Crippen molar-refractivity contribution in [3.63, 3.8) is 0 Å². The van der Waals surface area contributed by atoms with Gasteiger partial charge in [-0.05, 0) is 19.5 Å². The molecule has 0 radical (unpaired) electrons. The first kappa shape index (κ1) is 13.5. The molecule has 0 amide bonds. The smallest absolute Gasteiger partial charge is 0.0664 e. The third-order valence-corrected chi connectivity index (χ3v) is 1.83. The molecule has 3 heteroatoms. The molecule has 3 nitrogen and oxygen atoms in total. The molecule has 11 heavy (non-hydrogen) atoms. The molecule has 0 spiro atoms. The molecule has 0 fully saturated rings. The van der Waals surface area contributed by atoms with E-state index in [2.05, 4.69) is 18.7 Å². The van der Waals surface area contributed by atoms with Crippen LogP contribution >= 0.6 is 0 Å². The molecule has 0 saturated carbocycles. The van der Waals surface area contributed by atoms with Crippen molar-refractivity contribution in [3.8, 4) is 0 Å². The summed E-state index contributed by atoms with van der Waals surface area (Å²) in [6.45, 7) is 9.14. The van der Waals surface area contributed by atoms with E-state index in [9.17, 15) is 5.11 Å². The van der Waals surface area contributed by atoms with Crippen molar-refractivity contribution in [2.45, 2.75) is 33.3 Å². The average Bonchev–Trinajstić information content (AvgIpc) is 1.99. The van der Waals surface area contributed by atoms with Crippen LogP contribution in [-0.2, 0) is 0 Å². The number of hydrogen-bond donors (Lipinski definition) is 1. The van der Waals surface area contributed by atoms with Crippen LogP contribution in [0, 0.1) is 0 Å². The van der Waals surface area contributed by atoms with Gasteiger partial charge < -0.3 is 15.5 Å². The van der Waals surface area contributed by atoms with Gasteiger partial charge in [0.25, 0.3) is 0 Å². The lowest BCUT2D eigenvalue weighted by molar-refractivity contribution is 0.115. The third-order valence-electron chi connectivity index (χ3n) is 1.83. The first-order chi connectivity index (χ1) is 4.74. The van der Waals surface area contributed by atoms with Crippen LogP contribution in [0.25, 0.3) is 0 Å². The molecule has 0 aromatic carbocycles. The first-order valence-corrected chi connectivity index (χ1v) is 4.14. The maximum Gasteiger partial charge on any atom is 0.0664 e. The van der Waals surface area contributed by atoms with Crippen molar-refractivity contribution in [3.05, 3.63) is 0 Å². The molecule has 0 saturated heterocycles. The maximum atomic E-state index is 9.25. The molecule has 0 aliphatic carbocycles. The Kier molecular flexibility index (Phi) is 9.77. The Labute approximate surface area is 69.3 Å². The second-order valence-corrected chi connectivity index (χ2v) is 2.55. The van der Waals surface area contributed by atoms with Crippen LogP contribution in [-0.4, -0.2) is 41.2 Å². The number of nitrogens with zero attached hydrogens (tertiary/aromatic N) is 1. The number of aliphatic hydroxyl groups excluding tert-OH is 1. The van der Waals surface area contributed by atoms with Crippen LogP contribution in [0.1, 0.15) is 27.2 Å². The quantitative estimate of drug-likeness (QED) is 0.632. The molecule has 0 aromatic heterocycles. The zero-order valence-corrected chi connectivity index (χ0v) is 7.80. The summed E-state index contributed by atoms with van der Waals surface area (Å²) in [4.78, 5) is 2.23. The highest BCUT2D eigenvalue weighted by molar-refractivity contribution is 4.59. The Balaban J connectivity index is 0. The minimum absolute atomic E-state index is 0. The number of aliphatic hydroxyl groups is 1. The second kappa shape index (κ2) is 7.98. The van der Waals surface area contributed by atoms with Crippen molar-refractivity contribution >= 4 is 0 Å². The summed E-state index contributed by atoms with van der Waals surface area (Å²) >= 11 is 0. The lowest BCUT2D eigenvalue weighted by Gasteiger charge is -2.20. The zero-order valence-electron chi connectivity index (χ0n) is 7.80. The lowest BCUT2D eigenvalue weighted by atomic mass is 10.2. The van der Waals surface area contributed by atoms with E-state index in [0.29, 0.717) is 0 Å². The minimum atomic E-state index is -0.139. The molecule has 1 atom stereocenters. The van der Waals surface area contributed by atoms with Crippen LogP contribution < -0.4 is 0 Å². The lowest BCUT2D eigenvalue weighted by Crippen LogP contribution is -2.31. The highest BCUT2D eigenvalue weighted by atomic mass is 16.3. The van der Waals surface area contributed by atoms with Gasteiger partial charge in [-0.25, -0.2) is 0 Å². The second-order valence-electron chi connectivity index (χ2n) is 2.55. The van der Waals surface area contributed by atoms with E-state index < -0.39 is 0 Å². The Morgan fingerprint density at radius 2 is 1.64 bits per heavy atom. The van der Waals surface area contributed by atoms with Crippen LogP contribution in [0.4, 0.5) is 0 Å². The largest absolute Gasteiger partial charge is 0.412 e. The number of hydrogen-bond acceptors (Lipinski definition) is 2. The highest BCUT2D eigenvalue weighted by Crippen LogP contribution is 1.94. The van der Waals surface area contributed by atoms with E-state index in [1.165, 1.54) is 0 Å². The summed E-state index contributed by atoms with van der Waals surface area (Å²) in [5, 5.41) is 9.25. The van der Waals surface area contributed by atoms with E-state index in [1.54, 1.807) is 0 Å². The van der Waals surface area contributed by atoms with E-state index >= 15 is 0 Å². The van der Waals surface area contributed by atoms with Gasteiger partial charge in [0, 0.05) is 6.54 Å². The van der Waals surface area contributed by atoms with Crippen LogP contribution in [0.2, 0.25) is 0 Å². The monoisotopic (exact) mass is 163 g/mol. The summed E-state index contributed by atoms with van der Waals surface area (Å²) in [7, 11) is 0. The predicted octanol–water partition coefficient (Wildman–Crippen LogP) is 0.274. The fourth-order valence-corrected chi connectivity index (χ4v) is 0.909. The molecule has 70 valence electrons. The molecule has 0 bridgehead atoms. The topological polar surface area (TPSA) is 55.0 Å². The maximum absolute atomic E-state index is 9.25. The summed E-state index contributed by atoms with van der Waals surface area (Å²) in [5.74, 6) is 0. The average molecular weight is 163 g/mol. The van der Waals surface area contributed by atoms with Crippen molar-refractivity contribution in [1.29, 1.82) is 0 Å². The fourth-order valence-electron chi connectivity index (χ4n) is 0.909. The van der Waals surface area contributed by atoms with Crippen LogP contribution in [0.5, 0.6) is 0 Å². The highest BCUT2D eigenvalue weighted by Gasteiger charge is 2.04. The van der Waals surface area contributed by atoms with E-state index in [-0.39, 0.29) is 11.6 Å². The van der Waals surface area contributed by atoms with Gasteiger partial charge in [-0.1, -0.05) is 20.8 Å². The van der Waals surface area contributed by atoms with Crippen molar-refractivity contribution in [2.24, 2.45) is 0 Å². The van der Waals surface area contributed by atoms with Gasteiger partial charge in [0.1, 0.15) is 0 Å². The molecular weight excluding hydrogens is 142 g/mol. The normalized spacial score (nSPS) is 12.8. The fraction of sp³-hybridized carbons (Fsp3) is 1.00. The first-order valence-electron chi connectivity index (χ1n) is 4.14. The molecule has 1 unspecified atom stereocenters. The SMILES string of the molecule is CCC(O)CN(CC)CC.O. The molecule has 0 aliphatic heterocycles. The Morgan fingerprint density at radius 1 is 1.18 bits per heavy atom. The van der Waals surface area contributed by atoms with E-state index in [0.717, 1.165) is 26.1 Å². The number of rotatable bonds is 5.